The van der Waals surface area contributed by atoms with Crippen molar-refractivity contribution >= 4 is 45.5 Å². The number of hydrogen-bond donors (Lipinski definition) is 1. The first kappa shape index (κ1) is 19.0. The van der Waals surface area contributed by atoms with Crippen LogP contribution in [0.5, 0.6) is 0 Å². The number of pyridine rings is 1. The number of aryl methyl sites for hydroxylation is 1. The minimum atomic E-state index is -0.505. The number of carbonyl (C=O) groups is 1. The van der Waals surface area contributed by atoms with E-state index in [2.05, 4.69) is 31.2 Å². The highest BCUT2D eigenvalue weighted by Gasteiger charge is 2.16. The van der Waals surface area contributed by atoms with E-state index in [-0.39, 0.29) is 12.3 Å². The summed E-state index contributed by atoms with van der Waals surface area (Å²) in [5.74, 6) is 0.625. The van der Waals surface area contributed by atoms with Crippen molar-refractivity contribution in [1.29, 1.82) is 0 Å². The van der Waals surface area contributed by atoms with Gasteiger partial charge >= 0.3 is 6.09 Å². The van der Waals surface area contributed by atoms with Gasteiger partial charge in [0.25, 0.3) is 0 Å². The average Bonchev–Trinajstić information content (AvgIpc) is 2.81. The summed E-state index contributed by atoms with van der Waals surface area (Å²) in [6, 6.07) is 1.81. The maximum Gasteiger partial charge on any atom is 0.407 e. The van der Waals surface area contributed by atoms with Crippen molar-refractivity contribution in [2.24, 2.45) is 0 Å². The number of imidazole rings is 1. The zero-order valence-corrected chi connectivity index (χ0v) is 16.2. The SMILES string of the molecule is CC(C)(C)OC(=O)NCCCCc1nc2cc(Br)cnc2n1SF. The van der Waals surface area contributed by atoms with Crippen molar-refractivity contribution in [3.05, 3.63) is 22.6 Å². The predicted octanol–water partition coefficient (Wildman–Crippen LogP) is 4.42. The maximum atomic E-state index is 13.2. The fourth-order valence-electron chi connectivity index (χ4n) is 2.11. The highest BCUT2D eigenvalue weighted by molar-refractivity contribution is 9.10. The molecule has 2 aromatic rings. The van der Waals surface area contributed by atoms with E-state index in [1.165, 1.54) is 3.97 Å². The van der Waals surface area contributed by atoms with E-state index in [1.54, 1.807) is 6.20 Å². The molecule has 132 valence electrons. The number of hydrogen-bond acceptors (Lipinski definition) is 5. The number of ether oxygens (including phenoxy) is 1. The molecular formula is C15H20BrFN4O2S. The lowest BCUT2D eigenvalue weighted by molar-refractivity contribution is 0.0527. The number of halogens is 2. The molecule has 2 aromatic heterocycles. The molecule has 0 aromatic carbocycles. The second kappa shape index (κ2) is 8.15. The summed E-state index contributed by atoms with van der Waals surface area (Å²) in [5.41, 5.74) is 0.651. The van der Waals surface area contributed by atoms with Crippen LogP contribution >= 0.6 is 28.3 Å². The topological polar surface area (TPSA) is 69.0 Å². The van der Waals surface area contributed by atoms with Crippen LogP contribution in [0.3, 0.4) is 0 Å². The van der Waals surface area contributed by atoms with Gasteiger partial charge in [0, 0.05) is 23.6 Å². The summed E-state index contributed by atoms with van der Waals surface area (Å²) in [4.78, 5) is 20.1. The van der Waals surface area contributed by atoms with E-state index in [0.29, 0.717) is 30.0 Å². The molecular weight excluding hydrogens is 399 g/mol. The fraction of sp³-hybridized carbons (Fsp3) is 0.533. The van der Waals surface area contributed by atoms with E-state index in [4.69, 9.17) is 4.74 Å². The van der Waals surface area contributed by atoms with E-state index < -0.39 is 11.7 Å². The molecule has 0 atom stereocenters. The molecule has 0 spiro atoms. The molecule has 0 aliphatic carbocycles. The van der Waals surface area contributed by atoms with Crippen molar-refractivity contribution in [2.45, 2.75) is 45.6 Å². The normalized spacial score (nSPS) is 11.7. The van der Waals surface area contributed by atoms with Gasteiger partial charge in [0.05, 0.1) is 0 Å². The third-order valence-corrected chi connectivity index (χ3v) is 4.01. The predicted molar refractivity (Wildman–Crippen MR) is 96.5 cm³/mol. The Labute approximate surface area is 153 Å². The number of nitrogens with one attached hydrogen (secondary N) is 1. The number of carbonyl (C=O) groups excluding carboxylic acids is 1. The minimum absolute atomic E-state index is 0.0991. The van der Waals surface area contributed by atoms with Crippen LogP contribution in [0.25, 0.3) is 11.2 Å². The van der Waals surface area contributed by atoms with Crippen LogP contribution in [-0.4, -0.2) is 32.2 Å². The monoisotopic (exact) mass is 418 g/mol. The van der Waals surface area contributed by atoms with Gasteiger partial charge in [0.2, 0.25) is 0 Å². The molecule has 0 saturated heterocycles. The number of amides is 1. The first-order chi connectivity index (χ1) is 11.3. The van der Waals surface area contributed by atoms with E-state index in [9.17, 15) is 8.68 Å². The Balaban J connectivity index is 1.84. The summed E-state index contributed by atoms with van der Waals surface area (Å²) in [7, 11) is 0. The lowest BCUT2D eigenvalue weighted by Gasteiger charge is -2.19. The van der Waals surface area contributed by atoms with Crippen LogP contribution in [0.15, 0.2) is 16.7 Å². The van der Waals surface area contributed by atoms with Gasteiger partial charge in [-0.2, -0.15) is 0 Å². The first-order valence-electron chi connectivity index (χ1n) is 7.59. The van der Waals surface area contributed by atoms with E-state index in [0.717, 1.165) is 17.3 Å². The van der Waals surface area contributed by atoms with Crippen LogP contribution in [0, 0.1) is 0 Å². The molecule has 0 aliphatic heterocycles. The zero-order valence-electron chi connectivity index (χ0n) is 13.8. The lowest BCUT2D eigenvalue weighted by atomic mass is 10.2. The van der Waals surface area contributed by atoms with E-state index >= 15 is 0 Å². The average molecular weight is 419 g/mol. The Morgan fingerprint density at radius 2 is 2.21 bits per heavy atom. The molecule has 0 unspecified atom stereocenters. The quantitative estimate of drug-likeness (QED) is 0.702. The molecule has 2 heterocycles. The van der Waals surface area contributed by atoms with Gasteiger partial charge in [0.1, 0.15) is 16.9 Å². The summed E-state index contributed by atoms with van der Waals surface area (Å²) < 4.78 is 20.6. The Bertz CT molecular complexity index is 717. The molecule has 0 aliphatic rings. The fourth-order valence-corrected chi connectivity index (χ4v) is 2.85. The maximum absolute atomic E-state index is 13.2. The number of alkyl carbamates (subject to hydrolysis) is 1. The molecule has 0 bridgehead atoms. The van der Waals surface area contributed by atoms with E-state index in [1.807, 2.05) is 26.8 Å². The Kier molecular flexibility index (Phi) is 6.45. The van der Waals surface area contributed by atoms with Gasteiger partial charge in [-0.15, -0.1) is 3.89 Å². The van der Waals surface area contributed by atoms with Crippen molar-refractivity contribution < 1.29 is 13.4 Å². The summed E-state index contributed by atoms with van der Waals surface area (Å²) in [5, 5.41) is 2.70. The Morgan fingerprint density at radius 1 is 1.46 bits per heavy atom. The molecule has 9 heteroatoms. The summed E-state index contributed by atoms with van der Waals surface area (Å²) >= 11 is 3.43. The molecule has 0 fully saturated rings. The third-order valence-electron chi connectivity index (χ3n) is 3.05. The highest BCUT2D eigenvalue weighted by atomic mass is 79.9. The summed E-state index contributed by atoms with van der Waals surface area (Å²) in [6.07, 6.45) is 3.30. The van der Waals surface area contributed by atoms with Crippen LogP contribution in [0.2, 0.25) is 0 Å². The molecule has 1 amide bonds. The van der Waals surface area contributed by atoms with Crippen molar-refractivity contribution in [3.63, 3.8) is 0 Å². The highest BCUT2D eigenvalue weighted by Crippen LogP contribution is 2.24. The van der Waals surface area contributed by atoms with Crippen LogP contribution in [-0.2, 0) is 11.2 Å². The van der Waals surface area contributed by atoms with Gasteiger partial charge in [-0.1, -0.05) is 0 Å². The third kappa shape index (κ3) is 5.34. The summed E-state index contributed by atoms with van der Waals surface area (Å²) in [6.45, 7) is 5.95. The minimum Gasteiger partial charge on any atom is -0.444 e. The molecule has 1 N–H and O–H groups in total. The smallest absolute Gasteiger partial charge is 0.407 e. The molecule has 0 saturated carbocycles. The molecule has 6 nitrogen and oxygen atoms in total. The van der Waals surface area contributed by atoms with Crippen molar-refractivity contribution in [2.75, 3.05) is 6.54 Å². The number of nitrogens with zero attached hydrogens (tertiary/aromatic N) is 3. The van der Waals surface area contributed by atoms with Gasteiger partial charge in [-0.05, 0) is 55.6 Å². The standard InChI is InChI=1S/C15H20BrFN4O2S/c1-15(2,3)23-14(22)18-7-5-4-6-12-20-11-8-10(16)9-19-13(11)21(12)24-17/h8-9H,4-7H2,1-3H3,(H,18,22). The van der Waals surface area contributed by atoms with Crippen LogP contribution in [0.4, 0.5) is 8.68 Å². The second-order valence-electron chi connectivity index (χ2n) is 6.27. The van der Waals surface area contributed by atoms with Crippen molar-refractivity contribution in [3.8, 4) is 0 Å². The largest absolute Gasteiger partial charge is 0.444 e. The van der Waals surface area contributed by atoms with Crippen LogP contribution in [0.1, 0.15) is 39.4 Å². The van der Waals surface area contributed by atoms with Gasteiger partial charge in [-0.25, -0.2) is 18.7 Å². The van der Waals surface area contributed by atoms with Gasteiger partial charge < -0.3 is 10.1 Å². The Morgan fingerprint density at radius 3 is 2.88 bits per heavy atom. The van der Waals surface area contributed by atoms with Crippen LogP contribution < -0.4 is 5.32 Å². The second-order valence-corrected chi connectivity index (χ2v) is 7.69. The Hall–Kier alpha value is -1.35. The lowest BCUT2D eigenvalue weighted by Crippen LogP contribution is -2.33. The number of unbranched alkanes of at least 4 members (excludes halogenated alkanes) is 1. The van der Waals surface area contributed by atoms with Crippen molar-refractivity contribution in [1.82, 2.24) is 19.3 Å². The first-order valence-corrected chi connectivity index (χ1v) is 9.05. The van der Waals surface area contributed by atoms with Gasteiger partial charge in [-0.3, -0.25) is 0 Å². The number of aromatic nitrogens is 3. The van der Waals surface area contributed by atoms with Gasteiger partial charge in [0.15, 0.2) is 18.0 Å². The number of fused-ring (bicyclic) bond motifs is 1. The molecule has 24 heavy (non-hydrogen) atoms. The molecule has 0 radical (unpaired) electrons. The molecule has 2 rings (SSSR count). The number of rotatable bonds is 6. The zero-order chi connectivity index (χ0) is 17.7.